The molecule has 0 atom stereocenters. The van der Waals surface area contributed by atoms with E-state index in [0.29, 0.717) is 29.4 Å². The molecule has 140 valence electrons. The molecule has 0 saturated heterocycles. The van der Waals surface area contributed by atoms with E-state index >= 15 is 0 Å². The molecule has 0 spiro atoms. The van der Waals surface area contributed by atoms with Crippen molar-refractivity contribution in [1.82, 2.24) is 0 Å². The average Bonchev–Trinajstić information content (AvgIpc) is 2.72. The molecule has 5 heteroatoms. The Kier molecular flexibility index (Phi) is 5.50. The lowest BCUT2D eigenvalue weighted by Gasteiger charge is -2.23. The van der Waals surface area contributed by atoms with Crippen LogP contribution in [-0.2, 0) is 0 Å². The van der Waals surface area contributed by atoms with E-state index in [2.05, 4.69) is 6.07 Å². The van der Waals surface area contributed by atoms with Crippen LogP contribution < -0.4 is 19.1 Å². The molecule has 3 aromatic carbocycles. The van der Waals surface area contributed by atoms with E-state index < -0.39 is 0 Å². The van der Waals surface area contributed by atoms with Crippen LogP contribution in [-0.4, -0.2) is 33.8 Å². The Morgan fingerprint density at radius 1 is 0.815 bits per heavy atom. The predicted octanol–water partition coefficient (Wildman–Crippen LogP) is 4.53. The van der Waals surface area contributed by atoms with Crippen LogP contribution in [0.1, 0.15) is 17.3 Å². The number of methoxy groups -OCH3 is 3. The molecule has 0 aliphatic carbocycles. The fourth-order valence-corrected chi connectivity index (χ4v) is 3.13. The zero-order valence-electron chi connectivity index (χ0n) is 16.0. The minimum atomic E-state index is -0.161. The third-order valence-corrected chi connectivity index (χ3v) is 4.54. The second kappa shape index (κ2) is 7.99. The van der Waals surface area contributed by atoms with Crippen molar-refractivity contribution >= 4 is 22.4 Å². The number of fused-ring (bicyclic) bond motifs is 1. The van der Waals surface area contributed by atoms with Crippen LogP contribution in [0.4, 0.5) is 5.69 Å². The number of anilines is 1. The van der Waals surface area contributed by atoms with Gasteiger partial charge in [-0.25, -0.2) is 0 Å². The van der Waals surface area contributed by atoms with E-state index in [9.17, 15) is 4.79 Å². The number of amides is 1. The highest BCUT2D eigenvalue weighted by Gasteiger charge is 2.23. The van der Waals surface area contributed by atoms with Crippen LogP contribution in [0.5, 0.6) is 17.2 Å². The van der Waals surface area contributed by atoms with E-state index in [1.54, 1.807) is 31.3 Å². The van der Waals surface area contributed by atoms with Crippen molar-refractivity contribution in [2.45, 2.75) is 6.92 Å². The first-order valence-electron chi connectivity index (χ1n) is 8.73. The first kappa shape index (κ1) is 18.6. The van der Waals surface area contributed by atoms with Crippen molar-refractivity contribution in [1.29, 1.82) is 0 Å². The van der Waals surface area contributed by atoms with Crippen molar-refractivity contribution in [3.8, 4) is 17.2 Å². The van der Waals surface area contributed by atoms with E-state index in [1.165, 1.54) is 7.11 Å². The Bertz CT molecular complexity index is 968. The zero-order chi connectivity index (χ0) is 19.4. The number of rotatable bonds is 6. The molecule has 0 aromatic heterocycles. The number of hydrogen-bond acceptors (Lipinski definition) is 4. The SMILES string of the molecule is CCN(C(=O)c1cc(OC)c(OC)cc1OC)c1ccc2ccccc2c1. The van der Waals surface area contributed by atoms with Gasteiger partial charge < -0.3 is 19.1 Å². The maximum absolute atomic E-state index is 13.3. The summed E-state index contributed by atoms with van der Waals surface area (Å²) in [6.45, 7) is 2.47. The molecule has 0 aliphatic heterocycles. The number of carbonyl (C=O) groups is 1. The largest absolute Gasteiger partial charge is 0.496 e. The van der Waals surface area contributed by atoms with Crippen LogP contribution in [0.25, 0.3) is 10.8 Å². The van der Waals surface area contributed by atoms with Crippen LogP contribution in [0.15, 0.2) is 54.6 Å². The Morgan fingerprint density at radius 2 is 1.44 bits per heavy atom. The van der Waals surface area contributed by atoms with Crippen molar-refractivity contribution in [2.75, 3.05) is 32.8 Å². The van der Waals surface area contributed by atoms with Gasteiger partial charge in [-0.1, -0.05) is 30.3 Å². The maximum atomic E-state index is 13.3. The van der Waals surface area contributed by atoms with Gasteiger partial charge >= 0.3 is 0 Å². The van der Waals surface area contributed by atoms with Crippen molar-refractivity contribution in [2.24, 2.45) is 0 Å². The van der Waals surface area contributed by atoms with Crippen LogP contribution >= 0.6 is 0 Å². The Balaban J connectivity index is 2.06. The molecule has 0 radical (unpaired) electrons. The monoisotopic (exact) mass is 365 g/mol. The summed E-state index contributed by atoms with van der Waals surface area (Å²) < 4.78 is 16.1. The Hall–Kier alpha value is -3.21. The summed E-state index contributed by atoms with van der Waals surface area (Å²) >= 11 is 0. The molecule has 0 saturated carbocycles. The Labute approximate surface area is 159 Å². The topological polar surface area (TPSA) is 48.0 Å². The molecule has 3 aromatic rings. The Morgan fingerprint density at radius 3 is 2.07 bits per heavy atom. The van der Waals surface area contributed by atoms with Gasteiger partial charge in [0, 0.05) is 24.4 Å². The summed E-state index contributed by atoms with van der Waals surface area (Å²) in [5.74, 6) is 1.28. The summed E-state index contributed by atoms with van der Waals surface area (Å²) in [7, 11) is 4.62. The summed E-state index contributed by atoms with van der Waals surface area (Å²) in [6, 6.07) is 17.4. The van der Waals surface area contributed by atoms with E-state index in [1.807, 2.05) is 43.3 Å². The standard InChI is InChI=1S/C22H23NO4/c1-5-23(17-11-10-15-8-6-7-9-16(15)12-17)22(24)18-13-20(26-3)21(27-4)14-19(18)25-2/h6-14H,5H2,1-4H3. The number of hydrogen-bond donors (Lipinski definition) is 0. The highest BCUT2D eigenvalue weighted by molar-refractivity contribution is 6.09. The van der Waals surface area contributed by atoms with Crippen LogP contribution in [0.2, 0.25) is 0 Å². The van der Waals surface area contributed by atoms with Crippen LogP contribution in [0, 0.1) is 0 Å². The van der Waals surface area contributed by atoms with Crippen molar-refractivity contribution in [3.05, 3.63) is 60.2 Å². The minimum absolute atomic E-state index is 0.161. The molecular weight excluding hydrogens is 342 g/mol. The normalized spacial score (nSPS) is 10.5. The molecule has 0 aliphatic rings. The average molecular weight is 365 g/mol. The van der Waals surface area contributed by atoms with Crippen molar-refractivity contribution in [3.63, 3.8) is 0 Å². The molecule has 0 fully saturated rings. The highest BCUT2D eigenvalue weighted by Crippen LogP contribution is 2.36. The van der Waals surface area contributed by atoms with Gasteiger partial charge in [-0.05, 0) is 29.8 Å². The third-order valence-electron chi connectivity index (χ3n) is 4.54. The van der Waals surface area contributed by atoms with Gasteiger partial charge in [0.1, 0.15) is 5.75 Å². The van der Waals surface area contributed by atoms with Gasteiger partial charge in [0.15, 0.2) is 11.5 Å². The predicted molar refractivity (Wildman–Crippen MR) is 107 cm³/mol. The third kappa shape index (κ3) is 3.53. The van der Waals surface area contributed by atoms with Crippen molar-refractivity contribution < 1.29 is 19.0 Å². The quantitative estimate of drug-likeness (QED) is 0.644. The highest BCUT2D eigenvalue weighted by atomic mass is 16.5. The molecule has 0 unspecified atom stereocenters. The number of carbonyl (C=O) groups excluding carboxylic acids is 1. The fourth-order valence-electron chi connectivity index (χ4n) is 3.13. The first-order valence-corrected chi connectivity index (χ1v) is 8.73. The molecule has 0 bridgehead atoms. The van der Waals surface area contributed by atoms with Gasteiger partial charge in [-0.3, -0.25) is 4.79 Å². The zero-order valence-corrected chi connectivity index (χ0v) is 16.0. The lowest BCUT2D eigenvalue weighted by atomic mass is 10.1. The lowest BCUT2D eigenvalue weighted by Crippen LogP contribution is -2.31. The first-order chi connectivity index (χ1) is 13.1. The van der Waals surface area contributed by atoms with E-state index in [4.69, 9.17) is 14.2 Å². The molecule has 0 N–H and O–H groups in total. The molecular formula is C22H23NO4. The second-order valence-corrected chi connectivity index (χ2v) is 5.99. The maximum Gasteiger partial charge on any atom is 0.262 e. The van der Waals surface area contributed by atoms with E-state index in [-0.39, 0.29) is 5.91 Å². The van der Waals surface area contributed by atoms with Gasteiger partial charge in [0.05, 0.1) is 26.9 Å². The summed E-state index contributed by atoms with van der Waals surface area (Å²) in [4.78, 5) is 15.0. The molecule has 3 rings (SSSR count). The van der Waals surface area contributed by atoms with Gasteiger partial charge in [0.2, 0.25) is 0 Å². The molecule has 0 heterocycles. The number of ether oxygens (including phenoxy) is 3. The summed E-state index contributed by atoms with van der Waals surface area (Å²) in [5, 5.41) is 2.22. The number of nitrogens with zero attached hydrogens (tertiary/aromatic N) is 1. The van der Waals surface area contributed by atoms with Crippen LogP contribution in [0.3, 0.4) is 0 Å². The molecule has 5 nitrogen and oxygen atoms in total. The van der Waals surface area contributed by atoms with Gasteiger partial charge in [0.25, 0.3) is 5.91 Å². The summed E-state index contributed by atoms with van der Waals surface area (Å²) in [5.41, 5.74) is 1.25. The smallest absolute Gasteiger partial charge is 0.262 e. The fraction of sp³-hybridized carbons (Fsp3) is 0.227. The lowest BCUT2D eigenvalue weighted by molar-refractivity contribution is 0.0985. The van der Waals surface area contributed by atoms with Gasteiger partial charge in [-0.2, -0.15) is 0 Å². The van der Waals surface area contributed by atoms with Gasteiger partial charge in [-0.15, -0.1) is 0 Å². The molecule has 27 heavy (non-hydrogen) atoms. The minimum Gasteiger partial charge on any atom is -0.496 e. The summed E-state index contributed by atoms with van der Waals surface area (Å²) in [6.07, 6.45) is 0. The van der Waals surface area contributed by atoms with E-state index in [0.717, 1.165) is 16.5 Å². The second-order valence-electron chi connectivity index (χ2n) is 5.99. The number of benzene rings is 3. The molecule has 1 amide bonds.